The first-order valence-electron chi connectivity index (χ1n) is 7.44. The van der Waals surface area contributed by atoms with Gasteiger partial charge in [0.15, 0.2) is 0 Å². The minimum Gasteiger partial charge on any atom is -0.316 e. The lowest BCUT2D eigenvalue weighted by molar-refractivity contribution is 0.293. The molecular weight excluding hydrogens is 338 g/mol. The van der Waals surface area contributed by atoms with E-state index in [1.54, 1.807) is 6.92 Å². The van der Waals surface area contributed by atoms with Crippen molar-refractivity contribution in [1.82, 2.24) is 14.3 Å². The Hall–Kier alpha value is -1.00. The smallest absolute Gasteiger partial charge is 0.243 e. The Morgan fingerprint density at radius 1 is 1.17 bits per heavy atom. The zero-order valence-electron chi connectivity index (χ0n) is 13.5. The summed E-state index contributed by atoms with van der Waals surface area (Å²) in [5.74, 6) is 0. The van der Waals surface area contributed by atoms with Crippen LogP contribution >= 0.6 is 0 Å². The fraction of sp³-hybridized carbons (Fsp3) is 0.571. The minimum atomic E-state index is -3.62. The van der Waals surface area contributed by atoms with Crippen LogP contribution in [-0.4, -0.2) is 54.4 Å². The van der Waals surface area contributed by atoms with Crippen LogP contribution in [0.25, 0.3) is 0 Å². The van der Waals surface area contributed by atoms with Gasteiger partial charge < -0.3 is 5.32 Å². The molecule has 0 bridgehead atoms. The van der Waals surface area contributed by atoms with E-state index in [2.05, 4.69) is 10.0 Å². The minimum absolute atomic E-state index is 0.0886. The molecule has 130 valence electrons. The molecule has 1 saturated heterocycles. The molecule has 1 heterocycles. The predicted molar refractivity (Wildman–Crippen MR) is 88.3 cm³/mol. The maximum absolute atomic E-state index is 12.8. The first-order valence-corrected chi connectivity index (χ1v) is 10.4. The van der Waals surface area contributed by atoms with Crippen molar-refractivity contribution >= 4 is 20.0 Å². The molecule has 1 aliphatic rings. The van der Waals surface area contributed by atoms with Gasteiger partial charge in [0.25, 0.3) is 0 Å². The molecule has 2 rings (SSSR count). The molecule has 1 atom stereocenters. The number of hydrogen-bond acceptors (Lipinski definition) is 5. The van der Waals surface area contributed by atoms with Crippen molar-refractivity contribution < 1.29 is 16.8 Å². The molecule has 0 aliphatic carbocycles. The molecule has 0 saturated carbocycles. The van der Waals surface area contributed by atoms with Crippen LogP contribution in [0, 0.1) is 6.92 Å². The number of aryl methyl sites for hydroxylation is 1. The second kappa shape index (κ2) is 6.86. The normalized spacial score (nSPS) is 20.6. The summed E-state index contributed by atoms with van der Waals surface area (Å²) in [6.45, 7) is 2.50. The molecule has 1 aliphatic heterocycles. The van der Waals surface area contributed by atoms with E-state index in [0.717, 1.165) is 12.8 Å². The summed E-state index contributed by atoms with van der Waals surface area (Å²) >= 11 is 0. The quantitative estimate of drug-likeness (QED) is 0.785. The fourth-order valence-electron chi connectivity index (χ4n) is 2.74. The number of hydrogen-bond donors (Lipinski definition) is 2. The van der Waals surface area contributed by atoms with Crippen molar-refractivity contribution in [3.63, 3.8) is 0 Å². The molecule has 1 fully saturated rings. The van der Waals surface area contributed by atoms with Gasteiger partial charge in [0, 0.05) is 19.1 Å². The number of nitrogens with one attached hydrogen (secondary N) is 2. The zero-order chi connectivity index (χ0) is 17.3. The summed E-state index contributed by atoms with van der Waals surface area (Å²) in [7, 11) is -4.07. The Morgan fingerprint density at radius 3 is 2.43 bits per heavy atom. The van der Waals surface area contributed by atoms with Gasteiger partial charge in [-0.15, -0.1) is 0 Å². The van der Waals surface area contributed by atoms with E-state index in [1.165, 1.54) is 29.6 Å². The molecule has 2 N–H and O–H groups in total. The lowest BCUT2D eigenvalue weighted by Crippen LogP contribution is -2.46. The second-order valence-corrected chi connectivity index (χ2v) is 9.42. The number of nitrogens with zero attached hydrogens (tertiary/aromatic N) is 1. The molecule has 0 amide bonds. The van der Waals surface area contributed by atoms with Gasteiger partial charge in [-0.05, 0) is 57.6 Å². The van der Waals surface area contributed by atoms with Gasteiger partial charge in [0.1, 0.15) is 0 Å². The molecule has 0 spiro atoms. The highest BCUT2D eigenvalue weighted by Gasteiger charge is 2.30. The van der Waals surface area contributed by atoms with Gasteiger partial charge in [0.05, 0.1) is 9.79 Å². The molecule has 1 unspecified atom stereocenters. The molecule has 9 heteroatoms. The maximum atomic E-state index is 12.8. The topological polar surface area (TPSA) is 95.6 Å². The van der Waals surface area contributed by atoms with Crippen molar-refractivity contribution in [3.8, 4) is 0 Å². The van der Waals surface area contributed by atoms with Crippen LogP contribution in [0.2, 0.25) is 0 Å². The van der Waals surface area contributed by atoms with E-state index in [1.807, 2.05) is 7.05 Å². The summed E-state index contributed by atoms with van der Waals surface area (Å²) in [6, 6.07) is 4.26. The molecule has 1 aromatic rings. The number of likely N-dealkylation sites (N-methyl/N-ethyl adjacent to an activating group) is 1. The van der Waals surface area contributed by atoms with Crippen LogP contribution in [0.5, 0.6) is 0 Å². The average Bonchev–Trinajstić information content (AvgIpc) is 2.54. The Morgan fingerprint density at radius 2 is 1.87 bits per heavy atom. The van der Waals surface area contributed by atoms with E-state index in [4.69, 9.17) is 0 Å². The van der Waals surface area contributed by atoms with Crippen LogP contribution in [-0.2, 0) is 20.0 Å². The van der Waals surface area contributed by atoms with Gasteiger partial charge in [-0.3, -0.25) is 0 Å². The largest absolute Gasteiger partial charge is 0.316 e. The van der Waals surface area contributed by atoms with Gasteiger partial charge in [0.2, 0.25) is 20.0 Å². The van der Waals surface area contributed by atoms with Crippen molar-refractivity contribution in [3.05, 3.63) is 23.8 Å². The number of rotatable bonds is 5. The van der Waals surface area contributed by atoms with Gasteiger partial charge in [-0.25, -0.2) is 21.6 Å². The van der Waals surface area contributed by atoms with E-state index >= 15 is 0 Å². The van der Waals surface area contributed by atoms with Crippen LogP contribution in [0.3, 0.4) is 0 Å². The third-order valence-electron chi connectivity index (χ3n) is 4.13. The first-order chi connectivity index (χ1) is 10.7. The molecule has 0 radical (unpaired) electrons. The van der Waals surface area contributed by atoms with Crippen molar-refractivity contribution in [2.45, 2.75) is 35.6 Å². The van der Waals surface area contributed by atoms with E-state index in [-0.39, 0.29) is 15.8 Å². The standard InChI is InChI=1S/C14H23N3O4S2/c1-11-9-13(6-7-14(11)22(18,19)16-3)23(20,21)17-8-4-5-12(10-17)15-2/h6-7,9,12,15-16H,4-5,8,10H2,1-3H3. The van der Waals surface area contributed by atoms with Crippen LogP contribution in [0.1, 0.15) is 18.4 Å². The highest BCUT2D eigenvalue weighted by atomic mass is 32.2. The summed E-state index contributed by atoms with van der Waals surface area (Å²) in [4.78, 5) is 0.215. The SMILES string of the molecule is CNC1CCCN(S(=O)(=O)c2ccc(S(=O)(=O)NC)c(C)c2)C1. The highest BCUT2D eigenvalue weighted by Crippen LogP contribution is 2.24. The Labute approximate surface area is 138 Å². The van der Waals surface area contributed by atoms with Gasteiger partial charge in [-0.1, -0.05) is 0 Å². The molecule has 23 heavy (non-hydrogen) atoms. The molecule has 7 nitrogen and oxygen atoms in total. The van der Waals surface area contributed by atoms with Crippen molar-refractivity contribution in [1.29, 1.82) is 0 Å². The Kier molecular flexibility index (Phi) is 5.47. The third kappa shape index (κ3) is 3.74. The van der Waals surface area contributed by atoms with Crippen LogP contribution in [0.4, 0.5) is 0 Å². The van der Waals surface area contributed by atoms with Crippen LogP contribution < -0.4 is 10.0 Å². The summed E-state index contributed by atoms with van der Waals surface area (Å²) in [5, 5.41) is 3.11. The van der Waals surface area contributed by atoms with Gasteiger partial charge in [-0.2, -0.15) is 4.31 Å². The first kappa shape index (κ1) is 18.3. The fourth-order valence-corrected chi connectivity index (χ4v) is 5.30. The van der Waals surface area contributed by atoms with E-state index < -0.39 is 20.0 Å². The van der Waals surface area contributed by atoms with E-state index in [0.29, 0.717) is 18.7 Å². The predicted octanol–water partition coefficient (Wildman–Crippen LogP) is 0.276. The third-order valence-corrected chi connectivity index (χ3v) is 7.57. The zero-order valence-corrected chi connectivity index (χ0v) is 15.2. The van der Waals surface area contributed by atoms with Crippen molar-refractivity contribution in [2.75, 3.05) is 27.2 Å². The Bertz CT molecular complexity index is 775. The number of sulfonamides is 2. The number of piperidine rings is 1. The lowest BCUT2D eigenvalue weighted by Gasteiger charge is -2.31. The highest BCUT2D eigenvalue weighted by molar-refractivity contribution is 7.89. The Balaban J connectivity index is 2.36. The summed E-state index contributed by atoms with van der Waals surface area (Å²) in [6.07, 6.45) is 1.75. The molecule has 0 aromatic heterocycles. The van der Waals surface area contributed by atoms with Crippen LogP contribution in [0.15, 0.2) is 28.0 Å². The molecule has 1 aromatic carbocycles. The maximum Gasteiger partial charge on any atom is 0.243 e. The summed E-state index contributed by atoms with van der Waals surface area (Å²) < 4.78 is 53.0. The van der Waals surface area contributed by atoms with E-state index in [9.17, 15) is 16.8 Å². The lowest BCUT2D eigenvalue weighted by atomic mass is 10.1. The summed E-state index contributed by atoms with van der Waals surface area (Å²) in [5.41, 5.74) is 0.405. The average molecular weight is 361 g/mol. The molecular formula is C14H23N3O4S2. The monoisotopic (exact) mass is 361 g/mol. The van der Waals surface area contributed by atoms with Gasteiger partial charge >= 0.3 is 0 Å². The number of benzene rings is 1. The van der Waals surface area contributed by atoms with Crippen molar-refractivity contribution in [2.24, 2.45) is 0 Å². The second-order valence-electron chi connectivity index (χ2n) is 5.63.